The van der Waals surface area contributed by atoms with Crippen LogP contribution < -0.4 is 0 Å². The lowest BCUT2D eigenvalue weighted by Crippen LogP contribution is -1.85. The molecular weight excluding hydrogens is 1230 g/mol. The first-order valence-corrected chi connectivity index (χ1v) is 36.8. The molecule has 8 aromatic heterocycles. The lowest BCUT2D eigenvalue weighted by atomic mass is 10.0. The van der Waals surface area contributed by atoms with Crippen LogP contribution in [0.15, 0.2) is 130 Å². The van der Waals surface area contributed by atoms with Gasteiger partial charge in [0.2, 0.25) is 0 Å². The van der Waals surface area contributed by atoms with Crippen LogP contribution in [0.2, 0.25) is 0 Å². The number of benzene rings is 2. The van der Waals surface area contributed by atoms with Crippen LogP contribution in [0.3, 0.4) is 0 Å². The third kappa shape index (κ3) is 14.6. The van der Waals surface area contributed by atoms with Crippen molar-refractivity contribution in [3.63, 3.8) is 0 Å². The highest BCUT2D eigenvalue weighted by Crippen LogP contribution is 2.52. The minimum atomic E-state index is 1.10. The average Bonchev–Trinajstić information content (AvgIpc) is 4.38. The smallest absolute Gasteiger partial charge is 0.0481 e. The normalized spacial score (nSPS) is 11.7. The molecule has 0 fully saturated rings. The summed E-state index contributed by atoms with van der Waals surface area (Å²) in [7, 11) is 0. The van der Waals surface area contributed by atoms with Gasteiger partial charge >= 0.3 is 0 Å². The van der Waals surface area contributed by atoms with Crippen molar-refractivity contribution >= 4 is 123 Å². The second-order valence-corrected chi connectivity index (χ2v) is 31.2. The molecule has 2 aromatic carbocycles. The first-order valence-electron chi connectivity index (χ1n) is 28.7. The SMILES string of the molecule is CCCCCCc1cc(-c2ccccc2)sc1-c1ccc(-c2ccc(-c3sc(-c4cc(CCCCCC)c(-c5ccc(-c6ccc(-c7sc(-c8cc(Br)cc(Br)c8)cc7CCCCCC)s6)s5)s4)cc3CCCCCC)s2)s1. The molecule has 10 rings (SSSR count). The molecule has 8 heterocycles. The highest BCUT2D eigenvalue weighted by Gasteiger charge is 2.22. The van der Waals surface area contributed by atoms with E-state index in [1.807, 2.05) is 90.7 Å². The van der Waals surface area contributed by atoms with Crippen LogP contribution in [-0.4, -0.2) is 0 Å². The Kier molecular flexibility index (Phi) is 21.5. The van der Waals surface area contributed by atoms with Gasteiger partial charge in [0.05, 0.1) is 0 Å². The van der Waals surface area contributed by atoms with E-state index in [-0.39, 0.29) is 0 Å². The minimum absolute atomic E-state index is 1.10. The van der Waals surface area contributed by atoms with Gasteiger partial charge in [-0.25, -0.2) is 0 Å². The van der Waals surface area contributed by atoms with E-state index in [0.29, 0.717) is 0 Å². The molecule has 0 radical (unpaired) electrons. The molecule has 0 unspecified atom stereocenters. The Morgan fingerprint density at radius 3 is 0.885 bits per heavy atom. The zero-order valence-corrected chi connectivity index (χ0v) is 55.4. The van der Waals surface area contributed by atoms with E-state index < -0.39 is 0 Å². The Bertz CT molecular complexity index is 3450. The number of hydrogen-bond acceptors (Lipinski definition) is 8. The van der Waals surface area contributed by atoms with Crippen molar-refractivity contribution in [3.05, 3.63) is 153 Å². The lowest BCUT2D eigenvalue weighted by Gasteiger charge is -2.02. The van der Waals surface area contributed by atoms with E-state index in [4.69, 9.17) is 0 Å². The number of aryl methyl sites for hydroxylation is 4. The lowest BCUT2D eigenvalue weighted by molar-refractivity contribution is 0.668. The molecule has 78 heavy (non-hydrogen) atoms. The molecule has 0 amide bonds. The van der Waals surface area contributed by atoms with Crippen LogP contribution in [0, 0.1) is 0 Å². The fraction of sp³-hybridized carbons (Fsp3) is 0.353. The quantitative estimate of drug-likeness (QED) is 0.0410. The molecule has 0 spiro atoms. The van der Waals surface area contributed by atoms with Crippen molar-refractivity contribution in [1.29, 1.82) is 0 Å². The van der Waals surface area contributed by atoms with Gasteiger partial charge in [-0.1, -0.05) is 167 Å². The summed E-state index contributed by atoms with van der Waals surface area (Å²) in [4.78, 5) is 22.6. The van der Waals surface area contributed by atoms with Crippen molar-refractivity contribution in [3.8, 4) is 89.2 Å². The molecule has 0 saturated carbocycles. The van der Waals surface area contributed by atoms with Crippen LogP contribution >= 0.6 is 123 Å². The number of unbranched alkanes of at least 4 members (excludes halogenated alkanes) is 12. The Hall–Kier alpha value is -3.00. The summed E-state index contributed by atoms with van der Waals surface area (Å²) in [6.07, 6.45) is 25.0. The predicted octanol–water partition coefficient (Wildman–Crippen LogP) is 27.2. The van der Waals surface area contributed by atoms with Gasteiger partial charge in [-0.3, -0.25) is 0 Å². The Morgan fingerprint density at radius 2 is 0.551 bits per heavy atom. The van der Waals surface area contributed by atoms with Crippen LogP contribution in [0.1, 0.15) is 153 Å². The van der Waals surface area contributed by atoms with Crippen LogP contribution in [0.4, 0.5) is 0 Å². The topological polar surface area (TPSA) is 0 Å². The van der Waals surface area contributed by atoms with Crippen molar-refractivity contribution in [1.82, 2.24) is 0 Å². The first-order chi connectivity index (χ1) is 38.3. The van der Waals surface area contributed by atoms with Gasteiger partial charge < -0.3 is 0 Å². The minimum Gasteiger partial charge on any atom is -0.134 e. The van der Waals surface area contributed by atoms with Crippen molar-refractivity contribution in [2.75, 3.05) is 0 Å². The van der Waals surface area contributed by atoms with Gasteiger partial charge in [-0.15, -0.1) is 90.7 Å². The molecule has 0 bridgehead atoms. The van der Waals surface area contributed by atoms with Gasteiger partial charge in [0.15, 0.2) is 0 Å². The number of halogens is 2. The molecule has 0 nitrogen and oxygen atoms in total. The summed E-state index contributed by atoms with van der Waals surface area (Å²) in [5, 5.41) is 0. The van der Waals surface area contributed by atoms with Crippen LogP contribution in [0.5, 0.6) is 0 Å². The molecule has 10 heteroatoms. The van der Waals surface area contributed by atoms with Gasteiger partial charge in [0.1, 0.15) is 0 Å². The zero-order chi connectivity index (χ0) is 53.8. The molecule has 0 aliphatic carbocycles. The number of hydrogen-bond donors (Lipinski definition) is 0. The molecule has 0 saturated heterocycles. The standard InChI is InChI=1S/C68H72Br2S8/c1-5-9-13-18-26-46-40-61(45-24-22-17-23-25-45)75-65(46)57-34-30-53(71-57)55-32-36-59(73-55)67-48(28-20-15-11-7-3)42-63(77-67)64-43-49(29-21-16-12-8-4)68(78-64)60-37-33-56(74-60)54-31-35-58(72-54)66-47(27-19-14-10-6-2)41-62(76-66)50-38-51(69)44-52(70)39-50/h17,22-25,30-44H,5-16,18-21,26-29H2,1-4H3. The monoisotopic (exact) mass is 1300 g/mol. The van der Waals surface area contributed by atoms with E-state index in [0.717, 1.165) is 34.6 Å². The van der Waals surface area contributed by atoms with Crippen molar-refractivity contribution in [2.24, 2.45) is 0 Å². The molecule has 10 aromatic rings. The zero-order valence-electron chi connectivity index (χ0n) is 45.7. The maximum atomic E-state index is 3.75. The molecule has 0 N–H and O–H groups in total. The molecule has 0 atom stereocenters. The number of thiophene rings is 8. The summed E-state index contributed by atoms with van der Waals surface area (Å²) in [5.74, 6) is 0. The Labute approximate surface area is 515 Å². The summed E-state index contributed by atoms with van der Waals surface area (Å²) in [6, 6.07) is 47.0. The molecule has 0 aliphatic rings. The van der Waals surface area contributed by atoms with E-state index in [2.05, 4.69) is 181 Å². The highest BCUT2D eigenvalue weighted by molar-refractivity contribution is 9.11. The maximum absolute atomic E-state index is 3.75. The maximum Gasteiger partial charge on any atom is 0.0481 e. The van der Waals surface area contributed by atoms with E-state index in [9.17, 15) is 0 Å². The van der Waals surface area contributed by atoms with E-state index in [1.165, 1.54) is 214 Å². The van der Waals surface area contributed by atoms with Crippen LogP contribution in [0.25, 0.3) is 89.2 Å². The van der Waals surface area contributed by atoms with Crippen LogP contribution in [-0.2, 0) is 25.7 Å². The second kappa shape index (κ2) is 28.8. The fourth-order valence-corrected chi connectivity index (χ4v) is 21.4. The van der Waals surface area contributed by atoms with E-state index in [1.54, 1.807) is 0 Å². The fourth-order valence-electron chi connectivity index (χ4n) is 10.5. The van der Waals surface area contributed by atoms with Gasteiger partial charge in [-0.05, 0) is 176 Å². The summed E-state index contributed by atoms with van der Waals surface area (Å²) in [5.41, 5.74) is 8.66. The van der Waals surface area contributed by atoms with Crippen molar-refractivity contribution in [2.45, 2.75) is 156 Å². The van der Waals surface area contributed by atoms with Gasteiger partial charge in [0, 0.05) is 87.0 Å². The molecule has 0 aliphatic heterocycles. The van der Waals surface area contributed by atoms with Gasteiger partial charge in [-0.2, -0.15) is 0 Å². The van der Waals surface area contributed by atoms with E-state index >= 15 is 0 Å². The van der Waals surface area contributed by atoms with Gasteiger partial charge in [0.25, 0.3) is 0 Å². The Balaban J connectivity index is 0.932. The predicted molar refractivity (Wildman–Crippen MR) is 365 cm³/mol. The summed E-state index contributed by atoms with van der Waals surface area (Å²) >= 11 is 23.5. The third-order valence-corrected chi connectivity index (χ3v) is 26.1. The third-order valence-electron chi connectivity index (χ3n) is 14.7. The second-order valence-electron chi connectivity index (χ2n) is 20.8. The van der Waals surface area contributed by atoms with Crippen molar-refractivity contribution < 1.29 is 0 Å². The molecular formula is C68H72Br2S8. The highest BCUT2D eigenvalue weighted by atomic mass is 79.9. The Morgan fingerprint density at radius 1 is 0.256 bits per heavy atom. The summed E-state index contributed by atoms with van der Waals surface area (Å²) in [6.45, 7) is 9.26. The number of rotatable bonds is 29. The first kappa shape index (κ1) is 58.2. The summed E-state index contributed by atoms with van der Waals surface area (Å²) < 4.78 is 2.21. The molecule has 406 valence electrons. The largest absolute Gasteiger partial charge is 0.134 e. The average molecular weight is 1310 g/mol.